The Morgan fingerprint density at radius 3 is 2.54 bits per heavy atom. The fraction of sp³-hybridized carbons (Fsp3) is 0.167. The predicted octanol–water partition coefficient (Wildman–Crippen LogP) is 4.24. The Kier molecular flexibility index (Phi) is 6.04. The number of hydrogen-bond acceptors (Lipinski definition) is 3. The molecule has 10 heteroatoms. The fourth-order valence-corrected chi connectivity index (χ4v) is 4.19. The maximum absolute atomic E-state index is 13.2. The van der Waals surface area contributed by atoms with Crippen LogP contribution in [0.2, 0.25) is 0 Å². The van der Waals surface area contributed by atoms with Crippen molar-refractivity contribution in [2.45, 2.75) is 19.6 Å². The summed E-state index contributed by atoms with van der Waals surface area (Å²) in [6, 6.07) is 8.05. The van der Waals surface area contributed by atoms with E-state index in [9.17, 15) is 22.8 Å². The molecule has 0 radical (unpaired) electrons. The van der Waals surface area contributed by atoms with Gasteiger partial charge in [-0.25, -0.2) is 4.45 Å². The smallest absolute Gasteiger partial charge is 0.311 e. The van der Waals surface area contributed by atoms with E-state index >= 15 is 0 Å². The summed E-state index contributed by atoms with van der Waals surface area (Å²) in [4.78, 5) is 24.7. The van der Waals surface area contributed by atoms with E-state index in [0.717, 1.165) is 6.07 Å². The summed E-state index contributed by atoms with van der Waals surface area (Å²) in [6.45, 7) is 1.45. The first-order valence-corrected chi connectivity index (χ1v) is 12.1. The van der Waals surface area contributed by atoms with Crippen LogP contribution < -0.4 is 11.1 Å². The lowest BCUT2D eigenvalue weighted by molar-refractivity contribution is -0.138. The topological polar surface area (TPSA) is 56.9 Å². The summed E-state index contributed by atoms with van der Waals surface area (Å²) in [6.07, 6.45) is -1.40. The third kappa shape index (κ3) is 4.20. The summed E-state index contributed by atoms with van der Waals surface area (Å²) >= 11 is 2.05. The molecule has 0 fully saturated rings. The zero-order chi connectivity index (χ0) is 20.5. The van der Waals surface area contributed by atoms with E-state index < -0.39 is 17.3 Å². The van der Waals surface area contributed by atoms with Gasteiger partial charge in [-0.1, -0.05) is 18.2 Å². The van der Waals surface area contributed by atoms with Gasteiger partial charge in [-0.2, -0.15) is 18.3 Å². The van der Waals surface area contributed by atoms with Gasteiger partial charge in [-0.15, -0.1) is 0 Å². The highest BCUT2D eigenvalue weighted by molar-refractivity contribution is 14.2. The number of rotatable bonds is 4. The number of alkyl halides is 3. The molecule has 0 aliphatic rings. The van der Waals surface area contributed by atoms with E-state index in [2.05, 4.69) is 5.10 Å². The Bertz CT molecular complexity index is 1140. The minimum atomic E-state index is -4.49. The Balaban J connectivity index is 1.99. The molecular weight excluding hydrogens is 505 g/mol. The van der Waals surface area contributed by atoms with Crippen molar-refractivity contribution < 1.29 is 13.2 Å². The van der Waals surface area contributed by atoms with Crippen LogP contribution in [0.25, 0.3) is 11.1 Å². The normalized spacial score (nSPS) is 12.0. The van der Waals surface area contributed by atoms with Gasteiger partial charge in [0.2, 0.25) is 0 Å². The molecule has 0 saturated heterocycles. The van der Waals surface area contributed by atoms with E-state index in [1.54, 1.807) is 13.0 Å². The van der Waals surface area contributed by atoms with Crippen molar-refractivity contribution >= 4 is 28.4 Å². The first-order valence-electron chi connectivity index (χ1n) is 8.04. The molecule has 1 aromatic carbocycles. The quantitative estimate of drug-likeness (QED) is 0.383. The van der Waals surface area contributed by atoms with Gasteiger partial charge in [0, 0.05) is 23.4 Å². The van der Waals surface area contributed by atoms with Crippen molar-refractivity contribution in [2.75, 3.05) is 0 Å². The highest BCUT2D eigenvalue weighted by Gasteiger charge is 2.32. The second kappa shape index (κ2) is 8.16. The average Bonchev–Trinajstić information content (AvgIpc) is 2.65. The molecule has 3 rings (SSSR count). The number of halogens is 4. The molecule has 5 nitrogen and oxygen atoms in total. The molecule has 0 spiro atoms. The van der Waals surface area contributed by atoms with Gasteiger partial charge in [0.1, 0.15) is 0 Å². The molecule has 2 aromatic heterocycles. The van der Waals surface area contributed by atoms with Crippen molar-refractivity contribution in [1.29, 1.82) is 0 Å². The van der Waals surface area contributed by atoms with Crippen molar-refractivity contribution in [2.24, 2.45) is 0 Å². The SMILES string of the molecule is Cc1c(-c2ccn(Cc3ccccc3C(F)(F)F)c(=O)c2)cnn(PI)c1=O. The fourth-order valence-electron chi connectivity index (χ4n) is 2.81. The first kappa shape index (κ1) is 20.7. The maximum atomic E-state index is 13.2. The summed E-state index contributed by atoms with van der Waals surface area (Å²) in [5.41, 5.74) is 0.0101. The van der Waals surface area contributed by atoms with Gasteiger partial charge >= 0.3 is 6.18 Å². The van der Waals surface area contributed by atoms with Crippen molar-refractivity contribution in [3.63, 3.8) is 0 Å². The van der Waals surface area contributed by atoms with E-state index in [-0.39, 0.29) is 24.0 Å². The summed E-state index contributed by atoms with van der Waals surface area (Å²) < 4.78 is 42.0. The van der Waals surface area contributed by atoms with Crippen LogP contribution in [-0.2, 0) is 12.7 Å². The highest BCUT2D eigenvalue weighted by atomic mass is 127. The van der Waals surface area contributed by atoms with E-state index in [1.165, 1.54) is 45.7 Å². The predicted molar refractivity (Wildman–Crippen MR) is 111 cm³/mol. The van der Waals surface area contributed by atoms with Crippen LogP contribution in [0.1, 0.15) is 16.7 Å². The molecule has 2 heterocycles. The summed E-state index contributed by atoms with van der Waals surface area (Å²) in [7, 11) is 0. The lowest BCUT2D eigenvalue weighted by Gasteiger charge is -2.14. The number of benzene rings is 1. The summed E-state index contributed by atoms with van der Waals surface area (Å²) in [5, 5.41) is 4.07. The minimum Gasteiger partial charge on any atom is -0.311 e. The molecule has 0 aliphatic heterocycles. The highest BCUT2D eigenvalue weighted by Crippen LogP contribution is 2.32. The largest absolute Gasteiger partial charge is 0.416 e. The van der Waals surface area contributed by atoms with Gasteiger partial charge in [-0.05, 0) is 52.2 Å². The van der Waals surface area contributed by atoms with Crippen molar-refractivity contribution in [1.82, 2.24) is 14.1 Å². The Morgan fingerprint density at radius 2 is 1.89 bits per heavy atom. The van der Waals surface area contributed by atoms with Crippen LogP contribution in [0.4, 0.5) is 13.2 Å². The average molecular weight is 519 g/mol. The molecule has 1 atom stereocenters. The first-order chi connectivity index (χ1) is 13.2. The van der Waals surface area contributed by atoms with Crippen LogP contribution in [0.5, 0.6) is 0 Å². The van der Waals surface area contributed by atoms with Crippen molar-refractivity contribution in [3.05, 3.63) is 86.2 Å². The van der Waals surface area contributed by atoms with Crippen LogP contribution in [-0.4, -0.2) is 14.1 Å². The number of nitrogens with zero attached hydrogens (tertiary/aromatic N) is 3. The lowest BCUT2D eigenvalue weighted by atomic mass is 10.0. The maximum Gasteiger partial charge on any atom is 0.416 e. The summed E-state index contributed by atoms with van der Waals surface area (Å²) in [5.74, 6) is 0. The standard InChI is InChI=1S/C18H14F3IN3O2P/c1-11-14(9-23-25(28-22)17(11)27)12-6-7-24(16(26)8-12)10-13-4-2-3-5-15(13)18(19,20)21/h2-9,28H,10H2,1H3. The van der Waals surface area contributed by atoms with E-state index in [4.69, 9.17) is 0 Å². The van der Waals surface area contributed by atoms with Gasteiger partial charge in [-0.3, -0.25) is 9.59 Å². The van der Waals surface area contributed by atoms with Gasteiger partial charge in [0.15, 0.2) is 0 Å². The zero-order valence-corrected chi connectivity index (χ0v) is 17.7. The van der Waals surface area contributed by atoms with Crippen molar-refractivity contribution in [3.8, 4) is 11.1 Å². The van der Waals surface area contributed by atoms with E-state index in [0.29, 0.717) is 16.7 Å². The molecular formula is C18H14F3IN3O2P. The second-order valence-electron chi connectivity index (χ2n) is 6.02. The number of pyridine rings is 1. The molecule has 0 N–H and O–H groups in total. The van der Waals surface area contributed by atoms with Crippen LogP contribution in [0, 0.1) is 6.92 Å². The van der Waals surface area contributed by atoms with Crippen LogP contribution >= 0.6 is 28.4 Å². The lowest BCUT2D eigenvalue weighted by Crippen LogP contribution is -2.22. The molecule has 28 heavy (non-hydrogen) atoms. The third-order valence-corrected chi connectivity index (χ3v) is 6.12. The zero-order valence-electron chi connectivity index (χ0n) is 14.5. The third-order valence-electron chi connectivity index (χ3n) is 4.27. The number of aromatic nitrogens is 3. The second-order valence-corrected chi connectivity index (χ2v) is 8.06. The number of hydrogen-bond donors (Lipinski definition) is 0. The van der Waals surface area contributed by atoms with Gasteiger partial charge in [0.05, 0.1) is 24.7 Å². The van der Waals surface area contributed by atoms with Gasteiger partial charge in [0.25, 0.3) is 11.1 Å². The van der Waals surface area contributed by atoms with E-state index in [1.807, 2.05) is 22.0 Å². The minimum absolute atomic E-state index is 0.00771. The molecule has 3 aromatic rings. The Hall–Kier alpha value is -2.00. The van der Waals surface area contributed by atoms with Crippen LogP contribution in [0.3, 0.4) is 0 Å². The van der Waals surface area contributed by atoms with Crippen LogP contribution in [0.15, 0.2) is 58.4 Å². The van der Waals surface area contributed by atoms with Gasteiger partial charge < -0.3 is 4.57 Å². The molecule has 0 saturated carbocycles. The molecule has 0 bridgehead atoms. The molecule has 0 aliphatic carbocycles. The Morgan fingerprint density at radius 1 is 1.18 bits per heavy atom. The molecule has 1 unspecified atom stereocenters. The molecule has 0 amide bonds. The molecule has 146 valence electrons. The Labute approximate surface area is 172 Å². The monoisotopic (exact) mass is 519 g/mol.